The first kappa shape index (κ1) is 17.7. The summed E-state index contributed by atoms with van der Waals surface area (Å²) in [6.07, 6.45) is 3.19. The Morgan fingerprint density at radius 1 is 1.21 bits per heavy atom. The minimum Gasteiger partial charge on any atom is -0.452 e. The van der Waals surface area contributed by atoms with Gasteiger partial charge >= 0.3 is 5.97 Å². The predicted molar refractivity (Wildman–Crippen MR) is 94.0 cm³/mol. The Kier molecular flexibility index (Phi) is 6.09. The maximum atomic E-state index is 12.3. The minimum atomic E-state index is -0.624. The number of para-hydroxylation sites is 1. The molecular formula is C18H17ClN2O3. The highest BCUT2D eigenvalue weighted by atomic mass is 35.5. The zero-order chi connectivity index (χ0) is 17.5. The fraction of sp³-hybridized carbons (Fsp3) is 0.167. The number of hydrogen-bond acceptors (Lipinski definition) is 4. The Balaban J connectivity index is 2.14. The van der Waals surface area contributed by atoms with Crippen LogP contribution in [0, 0.1) is 0 Å². The smallest absolute Gasteiger partial charge is 0.339 e. The fourth-order valence-electron chi connectivity index (χ4n) is 2.20. The van der Waals surface area contributed by atoms with Crippen LogP contribution in [0.5, 0.6) is 0 Å². The molecule has 1 aromatic heterocycles. The summed E-state index contributed by atoms with van der Waals surface area (Å²) in [4.78, 5) is 30.1. The number of esters is 1. The number of pyridine rings is 1. The van der Waals surface area contributed by atoms with Gasteiger partial charge < -0.3 is 9.64 Å². The number of ether oxygens (including phenoxy) is 1. The lowest BCUT2D eigenvalue weighted by atomic mass is 10.1. The Bertz CT molecular complexity index is 779. The molecule has 0 aliphatic rings. The van der Waals surface area contributed by atoms with Crippen molar-refractivity contribution in [1.82, 2.24) is 9.88 Å². The highest BCUT2D eigenvalue weighted by Crippen LogP contribution is 2.21. The van der Waals surface area contributed by atoms with E-state index in [9.17, 15) is 9.59 Å². The van der Waals surface area contributed by atoms with E-state index in [0.717, 1.165) is 0 Å². The van der Waals surface area contributed by atoms with Crippen LogP contribution in [-0.2, 0) is 9.53 Å². The molecule has 0 aliphatic carbocycles. The van der Waals surface area contributed by atoms with Crippen molar-refractivity contribution in [3.8, 4) is 0 Å². The molecule has 1 heterocycles. The van der Waals surface area contributed by atoms with Gasteiger partial charge in [-0.3, -0.25) is 4.79 Å². The summed E-state index contributed by atoms with van der Waals surface area (Å²) in [5.74, 6) is -0.950. The topological polar surface area (TPSA) is 59.5 Å². The Hall–Kier alpha value is -2.66. The van der Waals surface area contributed by atoms with Crippen molar-refractivity contribution < 1.29 is 14.3 Å². The van der Waals surface area contributed by atoms with Crippen LogP contribution >= 0.6 is 11.6 Å². The molecule has 0 radical (unpaired) electrons. The quantitative estimate of drug-likeness (QED) is 0.439. The molecule has 124 valence electrons. The number of rotatable bonds is 7. The van der Waals surface area contributed by atoms with Crippen LogP contribution < -0.4 is 0 Å². The normalized spacial score (nSPS) is 10.2. The minimum absolute atomic E-state index is 0.187. The summed E-state index contributed by atoms with van der Waals surface area (Å²) < 4.78 is 5.14. The Morgan fingerprint density at radius 2 is 1.88 bits per heavy atom. The third-order valence-corrected chi connectivity index (χ3v) is 3.48. The van der Waals surface area contributed by atoms with Gasteiger partial charge in [-0.05, 0) is 12.1 Å². The molecule has 2 rings (SSSR count). The van der Waals surface area contributed by atoms with Crippen LogP contribution in [0.3, 0.4) is 0 Å². The maximum Gasteiger partial charge on any atom is 0.339 e. The Labute approximate surface area is 145 Å². The van der Waals surface area contributed by atoms with Gasteiger partial charge in [0, 0.05) is 18.5 Å². The summed E-state index contributed by atoms with van der Waals surface area (Å²) in [7, 11) is 0. The van der Waals surface area contributed by atoms with Crippen molar-refractivity contribution in [1.29, 1.82) is 0 Å². The number of halogens is 1. The van der Waals surface area contributed by atoms with Gasteiger partial charge in [0.05, 0.1) is 11.1 Å². The molecule has 0 saturated heterocycles. The number of carbonyl (C=O) groups is 2. The maximum absolute atomic E-state index is 12.3. The second-order valence-corrected chi connectivity index (χ2v) is 5.35. The molecule has 0 N–H and O–H groups in total. The summed E-state index contributed by atoms with van der Waals surface area (Å²) in [6.45, 7) is 7.53. The third kappa shape index (κ3) is 4.20. The molecule has 5 nitrogen and oxygen atoms in total. The molecule has 24 heavy (non-hydrogen) atoms. The summed E-state index contributed by atoms with van der Waals surface area (Å²) >= 11 is 5.95. The molecule has 0 unspecified atom stereocenters. The van der Waals surface area contributed by atoms with Crippen molar-refractivity contribution in [3.05, 3.63) is 66.4 Å². The highest BCUT2D eigenvalue weighted by molar-refractivity contribution is 6.30. The molecule has 0 atom stereocenters. The zero-order valence-corrected chi connectivity index (χ0v) is 13.8. The van der Waals surface area contributed by atoms with Crippen LogP contribution in [0.1, 0.15) is 10.4 Å². The van der Waals surface area contributed by atoms with E-state index in [0.29, 0.717) is 24.0 Å². The van der Waals surface area contributed by atoms with Crippen LogP contribution in [0.15, 0.2) is 55.6 Å². The second kappa shape index (κ2) is 8.26. The number of hydrogen-bond donors (Lipinski definition) is 0. The van der Waals surface area contributed by atoms with Gasteiger partial charge in [0.15, 0.2) is 6.61 Å². The molecule has 0 spiro atoms. The third-order valence-electron chi connectivity index (χ3n) is 3.28. The van der Waals surface area contributed by atoms with Crippen molar-refractivity contribution in [2.24, 2.45) is 0 Å². The van der Waals surface area contributed by atoms with E-state index >= 15 is 0 Å². The van der Waals surface area contributed by atoms with Crippen molar-refractivity contribution >= 4 is 34.4 Å². The number of amides is 1. The van der Waals surface area contributed by atoms with Crippen molar-refractivity contribution in [2.45, 2.75) is 0 Å². The first-order chi connectivity index (χ1) is 11.6. The molecule has 0 saturated carbocycles. The summed E-state index contributed by atoms with van der Waals surface area (Å²) in [5, 5.41) is 0.806. The van der Waals surface area contributed by atoms with Crippen LogP contribution in [-0.4, -0.2) is 41.5 Å². The largest absolute Gasteiger partial charge is 0.452 e. The number of benzene rings is 1. The van der Waals surface area contributed by atoms with E-state index in [2.05, 4.69) is 18.1 Å². The molecule has 0 fully saturated rings. The summed E-state index contributed by atoms with van der Waals surface area (Å²) in [6, 6.07) is 8.52. The molecule has 0 bridgehead atoms. The van der Waals surface area contributed by atoms with E-state index in [4.69, 9.17) is 16.3 Å². The average Bonchev–Trinajstić information content (AvgIpc) is 2.58. The van der Waals surface area contributed by atoms with Gasteiger partial charge in [0.1, 0.15) is 5.15 Å². The van der Waals surface area contributed by atoms with Crippen molar-refractivity contribution in [2.75, 3.05) is 19.7 Å². The standard InChI is InChI=1S/C18H17ClN2O3/c1-3-9-21(10-4-2)17(22)12-24-18(23)14-11-16(19)20-15-8-6-5-7-13(14)15/h3-8,11H,1-2,9-10,12H2. The number of fused-ring (bicyclic) bond motifs is 1. The van der Waals surface area contributed by atoms with Crippen LogP contribution in [0.25, 0.3) is 10.9 Å². The number of nitrogens with zero attached hydrogens (tertiary/aromatic N) is 2. The van der Waals surface area contributed by atoms with Gasteiger partial charge in [-0.15, -0.1) is 13.2 Å². The Morgan fingerprint density at radius 3 is 2.54 bits per heavy atom. The van der Waals surface area contributed by atoms with E-state index < -0.39 is 5.97 Å². The van der Waals surface area contributed by atoms with E-state index in [1.54, 1.807) is 36.4 Å². The first-order valence-electron chi connectivity index (χ1n) is 7.28. The molecule has 1 aromatic carbocycles. The van der Waals surface area contributed by atoms with E-state index in [-0.39, 0.29) is 23.2 Å². The van der Waals surface area contributed by atoms with E-state index in [1.165, 1.54) is 11.0 Å². The van der Waals surface area contributed by atoms with Gasteiger partial charge in [-0.25, -0.2) is 9.78 Å². The lowest BCUT2D eigenvalue weighted by molar-refractivity contribution is -0.133. The average molecular weight is 345 g/mol. The number of carbonyl (C=O) groups excluding carboxylic acids is 2. The molecule has 6 heteroatoms. The van der Waals surface area contributed by atoms with Crippen molar-refractivity contribution in [3.63, 3.8) is 0 Å². The zero-order valence-electron chi connectivity index (χ0n) is 13.1. The highest BCUT2D eigenvalue weighted by Gasteiger charge is 2.17. The van der Waals surface area contributed by atoms with Gasteiger partial charge in [0.2, 0.25) is 0 Å². The van der Waals surface area contributed by atoms with Gasteiger partial charge in [-0.1, -0.05) is 42.0 Å². The molecule has 2 aromatic rings. The SMILES string of the molecule is C=CCN(CC=C)C(=O)COC(=O)c1cc(Cl)nc2ccccc12. The fourth-order valence-corrected chi connectivity index (χ4v) is 2.40. The molecular weight excluding hydrogens is 328 g/mol. The number of aromatic nitrogens is 1. The predicted octanol–water partition coefficient (Wildman–Crippen LogP) is 3.25. The lowest BCUT2D eigenvalue weighted by Crippen LogP contribution is -2.35. The molecule has 1 amide bonds. The lowest BCUT2D eigenvalue weighted by Gasteiger charge is -2.19. The monoisotopic (exact) mass is 344 g/mol. The first-order valence-corrected chi connectivity index (χ1v) is 7.66. The van der Waals surface area contributed by atoms with E-state index in [1.807, 2.05) is 0 Å². The van der Waals surface area contributed by atoms with Crippen LogP contribution in [0.4, 0.5) is 0 Å². The second-order valence-electron chi connectivity index (χ2n) is 4.96. The molecule has 0 aliphatic heterocycles. The van der Waals surface area contributed by atoms with Gasteiger partial charge in [-0.2, -0.15) is 0 Å². The van der Waals surface area contributed by atoms with Crippen LogP contribution in [0.2, 0.25) is 5.15 Å². The summed E-state index contributed by atoms with van der Waals surface area (Å²) in [5.41, 5.74) is 0.862. The van der Waals surface area contributed by atoms with Gasteiger partial charge in [0.25, 0.3) is 5.91 Å².